The predicted molar refractivity (Wildman–Crippen MR) is 124 cm³/mol. The third-order valence-corrected chi connectivity index (χ3v) is 5.27. The summed E-state index contributed by atoms with van der Waals surface area (Å²) in [7, 11) is 2.74. The molecule has 2 aromatic rings. The molecule has 2 aromatic carbocycles. The summed E-state index contributed by atoms with van der Waals surface area (Å²) in [5.74, 6) is -2.84. The van der Waals surface area contributed by atoms with Crippen LogP contribution in [0.3, 0.4) is 0 Å². The molecule has 1 aliphatic heterocycles. The van der Waals surface area contributed by atoms with Crippen molar-refractivity contribution in [2.24, 2.45) is 0 Å². The van der Waals surface area contributed by atoms with Gasteiger partial charge >= 0.3 is 47.9 Å². The summed E-state index contributed by atoms with van der Waals surface area (Å²) in [5, 5.41) is 14.1. The van der Waals surface area contributed by atoms with Gasteiger partial charge in [-0.1, -0.05) is 12.1 Å². The minimum Gasteiger partial charge on any atom is -1.00 e. The Labute approximate surface area is 238 Å². The first-order valence-electron chi connectivity index (χ1n) is 10.7. The zero-order valence-corrected chi connectivity index (χ0v) is 22.5. The van der Waals surface area contributed by atoms with Gasteiger partial charge in [0.2, 0.25) is 0 Å². The minimum absolute atomic E-state index is 0. The molecule has 0 bridgehead atoms. The summed E-state index contributed by atoms with van der Waals surface area (Å²) in [5.41, 5.74) is 0.893. The number of urea groups is 1. The number of carboxylic acids is 1. The number of rotatable bonds is 8. The molecule has 10 nitrogen and oxygen atoms in total. The first-order chi connectivity index (χ1) is 17.4. The van der Waals surface area contributed by atoms with Crippen molar-refractivity contribution >= 4 is 23.7 Å². The van der Waals surface area contributed by atoms with E-state index in [-0.39, 0.29) is 42.3 Å². The van der Waals surface area contributed by atoms with Crippen LogP contribution in [-0.2, 0) is 14.4 Å². The van der Waals surface area contributed by atoms with E-state index in [1.807, 2.05) is 0 Å². The van der Waals surface area contributed by atoms with Crippen LogP contribution in [0, 0.1) is 0 Å². The average molecular weight is 545 g/mol. The molecule has 0 saturated carbocycles. The van der Waals surface area contributed by atoms with Crippen LogP contribution in [0.25, 0.3) is 11.1 Å². The average Bonchev–Trinajstić information content (AvgIpc) is 2.82. The molecule has 14 heteroatoms. The number of hydrogen-bond donors (Lipinski definition) is 3. The van der Waals surface area contributed by atoms with E-state index in [4.69, 9.17) is 4.74 Å². The molecule has 0 fully saturated rings. The maximum Gasteiger partial charge on any atom is 1.00 e. The van der Waals surface area contributed by atoms with Crippen molar-refractivity contribution in [1.82, 2.24) is 15.5 Å². The third kappa shape index (κ3) is 8.23. The van der Waals surface area contributed by atoms with Crippen LogP contribution in [0.15, 0.2) is 54.7 Å². The maximum atomic E-state index is 12.7. The topological polar surface area (TPSA) is 134 Å². The molecule has 0 saturated heterocycles. The summed E-state index contributed by atoms with van der Waals surface area (Å²) in [6.07, 6.45) is -3.12. The number of alkyl halides is 3. The Balaban J connectivity index is 0.00000380. The van der Waals surface area contributed by atoms with E-state index < -0.39 is 54.3 Å². The van der Waals surface area contributed by atoms with E-state index in [1.54, 1.807) is 0 Å². The van der Waals surface area contributed by atoms with Crippen molar-refractivity contribution in [2.75, 3.05) is 14.2 Å². The number of hydrogen-bond acceptors (Lipinski definition) is 6. The smallest absolute Gasteiger partial charge is 1.00 e. The minimum atomic E-state index is -4.90. The van der Waals surface area contributed by atoms with Crippen molar-refractivity contribution in [3.05, 3.63) is 60.3 Å². The van der Waals surface area contributed by atoms with Gasteiger partial charge in [-0.15, -0.1) is 13.2 Å². The van der Waals surface area contributed by atoms with E-state index in [1.165, 1.54) is 50.7 Å². The Morgan fingerprint density at radius 3 is 2.45 bits per heavy atom. The van der Waals surface area contributed by atoms with Crippen LogP contribution < -0.4 is 49.7 Å². The van der Waals surface area contributed by atoms with Gasteiger partial charge in [-0.3, -0.25) is 14.4 Å². The standard InChI is InChI=1S/C24H22F3N3O7.Na.H/c1-30-7-6-19(31)21(22(30)34)29-23(35)28-18(12-20(32)33)15-8-14(10-17(11-15)36-2)13-4-3-5-16(9-13)37-24(25,26)27;;/h3-11,18,21H,12H2,1-2H3,(H,32,33)(H2,28,29,35);;/q;+1;-1. The second-order valence-corrected chi connectivity index (χ2v) is 7.94. The molecule has 198 valence electrons. The van der Waals surface area contributed by atoms with Crippen molar-refractivity contribution < 1.29 is 77.9 Å². The second-order valence-electron chi connectivity index (χ2n) is 7.94. The number of methoxy groups -OCH3 is 1. The van der Waals surface area contributed by atoms with Crippen molar-refractivity contribution in [3.63, 3.8) is 0 Å². The molecule has 2 unspecified atom stereocenters. The number of halogens is 3. The molecular formula is C24H23F3N3NaO7. The van der Waals surface area contributed by atoms with Crippen molar-refractivity contribution in [1.29, 1.82) is 0 Å². The van der Waals surface area contributed by atoms with Gasteiger partial charge in [0.05, 0.1) is 19.6 Å². The second kappa shape index (κ2) is 12.8. The Kier molecular flexibility index (Phi) is 10.3. The molecular weight excluding hydrogens is 522 g/mol. The largest absolute Gasteiger partial charge is 1.00 e. The van der Waals surface area contributed by atoms with Crippen molar-refractivity contribution in [2.45, 2.75) is 24.9 Å². The van der Waals surface area contributed by atoms with Crippen LogP contribution in [0.2, 0.25) is 0 Å². The summed E-state index contributed by atoms with van der Waals surface area (Å²) < 4.78 is 47.2. The SMILES string of the molecule is COc1cc(-c2cccc(OC(F)(F)F)c2)cc(C(CC(=O)O)NC(=O)NC2C(=O)C=CN(C)C2=O)c1.[H-].[Na+]. The van der Waals surface area contributed by atoms with Crippen LogP contribution in [-0.4, -0.2) is 60.3 Å². The molecule has 0 aliphatic carbocycles. The molecule has 0 radical (unpaired) electrons. The molecule has 2 atom stereocenters. The maximum absolute atomic E-state index is 12.7. The number of benzene rings is 2. The Hall–Kier alpha value is -3.55. The fourth-order valence-electron chi connectivity index (χ4n) is 3.55. The van der Waals surface area contributed by atoms with Gasteiger partial charge in [-0.2, -0.15) is 0 Å². The molecule has 0 spiro atoms. The number of amides is 3. The van der Waals surface area contributed by atoms with Crippen molar-refractivity contribution in [3.8, 4) is 22.6 Å². The van der Waals surface area contributed by atoms with E-state index in [0.717, 1.165) is 23.1 Å². The Morgan fingerprint density at radius 2 is 1.82 bits per heavy atom. The molecule has 0 aromatic heterocycles. The molecule has 3 N–H and O–H groups in total. The molecule has 1 aliphatic rings. The first-order valence-corrected chi connectivity index (χ1v) is 10.7. The van der Waals surface area contributed by atoms with E-state index in [9.17, 15) is 37.5 Å². The Morgan fingerprint density at radius 1 is 1.13 bits per heavy atom. The van der Waals surface area contributed by atoms with Gasteiger partial charge in [0.25, 0.3) is 5.91 Å². The fourth-order valence-corrected chi connectivity index (χ4v) is 3.55. The fraction of sp³-hybridized carbons (Fsp3) is 0.250. The number of nitrogens with one attached hydrogen (secondary N) is 2. The van der Waals surface area contributed by atoms with Gasteiger partial charge in [0.15, 0.2) is 11.8 Å². The number of aliphatic carboxylic acids is 1. The number of carbonyl (C=O) groups excluding carboxylic acids is 3. The van der Waals surface area contributed by atoms with Gasteiger partial charge in [-0.25, -0.2) is 4.79 Å². The van der Waals surface area contributed by atoms with Crippen LogP contribution in [0.1, 0.15) is 19.5 Å². The summed E-state index contributed by atoms with van der Waals surface area (Å²) in [6, 6.07) is 5.92. The summed E-state index contributed by atoms with van der Waals surface area (Å²) in [4.78, 5) is 49.6. The van der Waals surface area contributed by atoms with Gasteiger partial charge < -0.3 is 31.5 Å². The normalized spacial score (nSPS) is 15.8. The monoisotopic (exact) mass is 545 g/mol. The zero-order chi connectivity index (χ0) is 27.3. The summed E-state index contributed by atoms with van der Waals surface area (Å²) in [6.45, 7) is 0. The van der Waals surface area contributed by atoms with E-state index in [0.29, 0.717) is 11.1 Å². The molecule has 1 heterocycles. The van der Waals surface area contributed by atoms with Crippen LogP contribution in [0.5, 0.6) is 11.5 Å². The van der Waals surface area contributed by atoms with Gasteiger partial charge in [0.1, 0.15) is 11.5 Å². The quantitative estimate of drug-likeness (QED) is 0.317. The number of ketones is 1. The predicted octanol–water partition coefficient (Wildman–Crippen LogP) is 0.116. The molecule has 3 rings (SSSR count). The molecule has 3 amide bonds. The number of nitrogens with zero attached hydrogens (tertiary/aromatic N) is 1. The number of carboxylic acid groups (broad SMARTS) is 1. The zero-order valence-electron chi connectivity index (χ0n) is 21.5. The number of carbonyl (C=O) groups is 4. The van der Waals surface area contributed by atoms with Gasteiger partial charge in [0, 0.05) is 19.3 Å². The van der Waals surface area contributed by atoms with E-state index >= 15 is 0 Å². The van der Waals surface area contributed by atoms with Crippen LogP contribution in [0.4, 0.5) is 18.0 Å². The Bertz CT molecular complexity index is 1260. The third-order valence-electron chi connectivity index (χ3n) is 5.27. The first kappa shape index (κ1) is 30.7. The van der Waals surface area contributed by atoms with E-state index in [2.05, 4.69) is 15.4 Å². The van der Waals surface area contributed by atoms with Gasteiger partial charge in [-0.05, 0) is 47.0 Å². The number of ether oxygens (including phenoxy) is 2. The van der Waals surface area contributed by atoms with Crippen LogP contribution >= 0.6 is 0 Å². The summed E-state index contributed by atoms with van der Waals surface area (Å²) >= 11 is 0. The number of likely N-dealkylation sites (N-methyl/N-ethyl adjacent to an activating group) is 1. The molecule has 38 heavy (non-hydrogen) atoms.